The van der Waals surface area contributed by atoms with Gasteiger partial charge in [-0.05, 0) is 0 Å². The van der Waals surface area contributed by atoms with Gasteiger partial charge in [-0.25, -0.2) is 0 Å². The first-order valence-corrected chi connectivity index (χ1v) is 3.41. The molecule has 0 saturated heterocycles. The number of aliphatic hydroxyl groups is 6. The van der Waals surface area contributed by atoms with Crippen molar-refractivity contribution < 1.29 is 30.6 Å². The molecule has 0 aliphatic rings. The molecule has 0 unspecified atom stereocenters. The third kappa shape index (κ3) is 19.4. The van der Waals surface area contributed by atoms with Crippen LogP contribution >= 0.6 is 0 Å². The topological polar surface area (TPSA) is 121 Å². The molecule has 0 atom stereocenters. The first kappa shape index (κ1) is 19.6. The van der Waals surface area contributed by atoms with Gasteiger partial charge in [-0.15, -0.1) is 0 Å². The zero-order valence-electron chi connectivity index (χ0n) is 6.67. The maximum absolute atomic E-state index is 8.17. The first-order chi connectivity index (χ1) is 5.62. The summed E-state index contributed by atoms with van der Waals surface area (Å²) in [7, 11) is 0. The Morgan fingerprint density at radius 3 is 0.769 bits per heavy atom. The Kier molecular flexibility index (Phi) is 23.3. The van der Waals surface area contributed by atoms with Crippen molar-refractivity contribution in [3.63, 3.8) is 0 Å². The molecule has 0 spiro atoms. The van der Waals surface area contributed by atoms with E-state index in [1.54, 1.807) is 0 Å². The van der Waals surface area contributed by atoms with Crippen LogP contribution in [0.25, 0.3) is 0 Å². The van der Waals surface area contributed by atoms with Crippen LogP contribution < -0.4 is 0 Å². The van der Waals surface area contributed by atoms with Gasteiger partial charge in [-0.2, -0.15) is 0 Å². The zero-order chi connectivity index (χ0) is 9.98. The summed E-state index contributed by atoms with van der Waals surface area (Å²) in [6, 6.07) is 0. The van der Waals surface area contributed by atoms with E-state index < -0.39 is 12.2 Å². The molecule has 0 radical (unpaired) electrons. The summed E-state index contributed by atoms with van der Waals surface area (Å²) in [6.07, 6.45) is -1.91. The summed E-state index contributed by atoms with van der Waals surface area (Å²) < 4.78 is 0. The quantitative estimate of drug-likeness (QED) is 0.270. The van der Waals surface area contributed by atoms with Crippen LogP contribution in [0, 0.1) is 0 Å². The predicted molar refractivity (Wildman–Crippen MR) is 48.9 cm³/mol. The molecule has 6 nitrogen and oxygen atoms in total. The minimum atomic E-state index is -0.954. The van der Waals surface area contributed by atoms with Crippen molar-refractivity contribution in [3.05, 3.63) is 0 Å². The molecular formula is C6H18CaO6. The second-order valence-electron chi connectivity index (χ2n) is 2.04. The Hall–Kier alpha value is 1.02. The third-order valence-corrected chi connectivity index (χ3v) is 0.843. The van der Waals surface area contributed by atoms with Gasteiger partial charge in [-0.3, -0.25) is 0 Å². The average molecular weight is 226 g/mol. The molecule has 0 heterocycles. The van der Waals surface area contributed by atoms with Crippen LogP contribution in [0.4, 0.5) is 0 Å². The van der Waals surface area contributed by atoms with Gasteiger partial charge in [0.15, 0.2) is 0 Å². The van der Waals surface area contributed by atoms with E-state index in [1.165, 1.54) is 0 Å². The molecule has 6 N–H and O–H groups in total. The maximum atomic E-state index is 8.17. The van der Waals surface area contributed by atoms with Crippen molar-refractivity contribution in [3.8, 4) is 0 Å². The summed E-state index contributed by atoms with van der Waals surface area (Å²) in [5, 5.41) is 48.0. The van der Waals surface area contributed by atoms with Gasteiger partial charge < -0.3 is 30.6 Å². The van der Waals surface area contributed by atoms with Crippen molar-refractivity contribution in [2.75, 3.05) is 26.4 Å². The standard InChI is InChI=1S/2C3H8O3.Ca.2H/c2*4-1-3(6)2-5;;;/h2*3-6H,1-2H2;;;. The van der Waals surface area contributed by atoms with Gasteiger partial charge >= 0.3 is 37.7 Å². The number of hydrogen-bond acceptors (Lipinski definition) is 6. The second-order valence-corrected chi connectivity index (χ2v) is 2.04. The molecule has 0 aromatic heterocycles. The number of rotatable bonds is 4. The van der Waals surface area contributed by atoms with E-state index >= 15 is 0 Å². The van der Waals surface area contributed by atoms with E-state index in [-0.39, 0.29) is 64.2 Å². The van der Waals surface area contributed by atoms with Gasteiger partial charge in [0.25, 0.3) is 0 Å². The normalized spacial score (nSPS) is 9.23. The molecule has 80 valence electrons. The van der Waals surface area contributed by atoms with E-state index in [0.717, 1.165) is 0 Å². The van der Waals surface area contributed by atoms with Crippen LogP contribution in [0.1, 0.15) is 0 Å². The fourth-order valence-electron chi connectivity index (χ4n) is 0.115. The SMILES string of the molecule is OCC(O)CO.OCC(O)CO.[CaH2]. The van der Waals surface area contributed by atoms with Gasteiger partial charge in [0, 0.05) is 0 Å². The van der Waals surface area contributed by atoms with Gasteiger partial charge in [0.2, 0.25) is 0 Å². The fraction of sp³-hybridized carbons (Fsp3) is 1.00. The molecule has 0 aliphatic carbocycles. The first-order valence-electron chi connectivity index (χ1n) is 3.41. The van der Waals surface area contributed by atoms with Crippen molar-refractivity contribution in [2.24, 2.45) is 0 Å². The Morgan fingerprint density at radius 1 is 0.615 bits per heavy atom. The Bertz CT molecular complexity index is 65.5. The van der Waals surface area contributed by atoms with Crippen LogP contribution in [-0.4, -0.2) is 107 Å². The zero-order valence-corrected chi connectivity index (χ0v) is 6.67. The molecule has 13 heavy (non-hydrogen) atoms. The molecule has 7 heteroatoms. The van der Waals surface area contributed by atoms with Gasteiger partial charge in [0.1, 0.15) is 12.2 Å². The molecule has 0 amide bonds. The number of aliphatic hydroxyl groups excluding tert-OH is 6. The molecule has 0 fully saturated rings. The summed E-state index contributed by atoms with van der Waals surface area (Å²) in [4.78, 5) is 0. The van der Waals surface area contributed by atoms with Crippen LogP contribution in [0.5, 0.6) is 0 Å². The molecule has 0 aromatic carbocycles. The van der Waals surface area contributed by atoms with E-state index in [2.05, 4.69) is 0 Å². The van der Waals surface area contributed by atoms with E-state index in [0.29, 0.717) is 0 Å². The van der Waals surface area contributed by atoms with Crippen LogP contribution in [0.2, 0.25) is 0 Å². The molecule has 0 aliphatic heterocycles. The van der Waals surface area contributed by atoms with Crippen molar-refractivity contribution in [2.45, 2.75) is 12.2 Å². The Morgan fingerprint density at radius 2 is 0.769 bits per heavy atom. The molecule has 0 bridgehead atoms. The van der Waals surface area contributed by atoms with Crippen LogP contribution in [-0.2, 0) is 0 Å². The summed E-state index contributed by atoms with van der Waals surface area (Å²) >= 11 is 0. The second kappa shape index (κ2) is 15.5. The summed E-state index contributed by atoms with van der Waals surface area (Å²) in [5.74, 6) is 0. The molecule has 0 aromatic rings. The number of hydrogen-bond donors (Lipinski definition) is 6. The Labute approximate surface area is 106 Å². The average Bonchev–Trinajstić information content (AvgIpc) is 2.16. The summed E-state index contributed by atoms with van der Waals surface area (Å²) in [6.45, 7) is -1.46. The van der Waals surface area contributed by atoms with E-state index in [9.17, 15) is 0 Å². The monoisotopic (exact) mass is 226 g/mol. The van der Waals surface area contributed by atoms with Crippen molar-refractivity contribution >= 4 is 37.7 Å². The molecule has 0 saturated carbocycles. The van der Waals surface area contributed by atoms with Crippen molar-refractivity contribution in [1.29, 1.82) is 0 Å². The van der Waals surface area contributed by atoms with Gasteiger partial charge in [-0.1, -0.05) is 0 Å². The van der Waals surface area contributed by atoms with Gasteiger partial charge in [0.05, 0.1) is 26.4 Å². The molecule has 0 rings (SSSR count). The van der Waals surface area contributed by atoms with Crippen LogP contribution in [0.3, 0.4) is 0 Å². The summed E-state index contributed by atoms with van der Waals surface area (Å²) in [5.41, 5.74) is 0. The predicted octanol–water partition coefficient (Wildman–Crippen LogP) is -4.25. The minimum absolute atomic E-state index is 0. The molecular weight excluding hydrogens is 208 g/mol. The third-order valence-electron chi connectivity index (χ3n) is 0.843. The van der Waals surface area contributed by atoms with E-state index in [1.807, 2.05) is 0 Å². The van der Waals surface area contributed by atoms with Crippen molar-refractivity contribution in [1.82, 2.24) is 0 Å². The van der Waals surface area contributed by atoms with E-state index in [4.69, 9.17) is 30.6 Å². The van der Waals surface area contributed by atoms with Crippen LogP contribution in [0.15, 0.2) is 0 Å². The Balaban J connectivity index is -0.000000143. The fourth-order valence-corrected chi connectivity index (χ4v) is 0.115.